The molecule has 0 atom stereocenters. The minimum atomic E-state index is -1.23. The maximum Gasteiger partial charge on any atom is 0.343 e. The highest BCUT2D eigenvalue weighted by atomic mass is 32.2. The fraction of sp³-hybridized carbons (Fsp3) is 0.0741. The van der Waals surface area contributed by atoms with Crippen LogP contribution in [-0.4, -0.2) is 5.97 Å². The first-order chi connectivity index (χ1) is 16.2. The molecule has 34 heavy (non-hydrogen) atoms. The minimum absolute atomic E-state index is 0.218. The molecule has 0 amide bonds. The Morgan fingerprint density at radius 1 is 0.647 bits per heavy atom. The van der Waals surface area contributed by atoms with Gasteiger partial charge < -0.3 is 4.74 Å². The number of esters is 1. The van der Waals surface area contributed by atoms with Crippen LogP contribution in [0.25, 0.3) is 0 Å². The lowest BCUT2D eigenvalue weighted by Gasteiger charge is -2.14. The van der Waals surface area contributed by atoms with Crippen LogP contribution in [0.4, 0.5) is 17.6 Å². The van der Waals surface area contributed by atoms with Crippen LogP contribution in [0.2, 0.25) is 0 Å². The van der Waals surface area contributed by atoms with E-state index in [4.69, 9.17) is 4.74 Å². The zero-order valence-corrected chi connectivity index (χ0v) is 19.1. The van der Waals surface area contributed by atoms with E-state index in [1.165, 1.54) is 0 Å². The van der Waals surface area contributed by atoms with E-state index in [9.17, 15) is 22.4 Å². The molecule has 0 saturated heterocycles. The topological polar surface area (TPSA) is 26.3 Å². The summed E-state index contributed by atoms with van der Waals surface area (Å²) in [6.45, 7) is 3.45. The van der Waals surface area contributed by atoms with Crippen LogP contribution >= 0.6 is 0 Å². The van der Waals surface area contributed by atoms with Crippen molar-refractivity contribution in [3.8, 4) is 5.75 Å². The Morgan fingerprint density at radius 3 is 1.50 bits per heavy atom. The molecule has 0 aliphatic carbocycles. The molecule has 0 bridgehead atoms. The van der Waals surface area contributed by atoms with Gasteiger partial charge in [-0.2, -0.15) is 0 Å². The van der Waals surface area contributed by atoms with Gasteiger partial charge in [0.2, 0.25) is 0 Å². The predicted molar refractivity (Wildman–Crippen MR) is 122 cm³/mol. The Bertz CT molecular complexity index is 1260. The number of carbonyl (C=O) groups excluding carboxylic acids is 1. The largest absolute Gasteiger partial charge is 0.422 e. The Labute approximate surface area is 197 Å². The lowest BCUT2D eigenvalue weighted by atomic mass is 10.1. The van der Waals surface area contributed by atoms with Crippen molar-refractivity contribution in [3.05, 3.63) is 119 Å². The molecular formula is C27H19F4O2S+. The lowest BCUT2D eigenvalue weighted by Crippen LogP contribution is -2.12. The summed E-state index contributed by atoms with van der Waals surface area (Å²) in [5.74, 6) is -3.38. The monoisotopic (exact) mass is 483 g/mol. The number of aryl methyl sites for hydroxylation is 2. The molecule has 0 aromatic heterocycles. The van der Waals surface area contributed by atoms with Crippen LogP contribution in [0, 0.1) is 37.1 Å². The fourth-order valence-electron chi connectivity index (χ4n) is 3.62. The second-order valence-corrected chi connectivity index (χ2v) is 9.68. The molecule has 0 saturated carbocycles. The second-order valence-electron chi connectivity index (χ2n) is 7.66. The van der Waals surface area contributed by atoms with Crippen molar-refractivity contribution < 1.29 is 27.1 Å². The van der Waals surface area contributed by atoms with Crippen molar-refractivity contribution in [1.29, 1.82) is 0 Å². The van der Waals surface area contributed by atoms with Crippen LogP contribution in [0.1, 0.15) is 21.5 Å². The van der Waals surface area contributed by atoms with Crippen LogP contribution in [0.15, 0.2) is 93.5 Å². The first kappa shape index (κ1) is 23.6. The van der Waals surface area contributed by atoms with Crippen molar-refractivity contribution in [2.24, 2.45) is 0 Å². The van der Waals surface area contributed by atoms with Crippen LogP contribution in [-0.2, 0) is 10.9 Å². The highest BCUT2D eigenvalue weighted by molar-refractivity contribution is 7.97. The number of ether oxygens (including phenoxy) is 1. The van der Waals surface area contributed by atoms with E-state index < -0.39 is 40.1 Å². The van der Waals surface area contributed by atoms with E-state index in [1.807, 2.05) is 0 Å². The van der Waals surface area contributed by atoms with Gasteiger partial charge in [-0.3, -0.25) is 0 Å². The average molecular weight is 484 g/mol. The zero-order chi connectivity index (χ0) is 24.4. The Balaban J connectivity index is 1.81. The molecular weight excluding hydrogens is 464 g/mol. The molecule has 0 N–H and O–H groups in total. The van der Waals surface area contributed by atoms with Gasteiger partial charge in [-0.15, -0.1) is 0 Å². The number of hydrogen-bond acceptors (Lipinski definition) is 2. The number of halogens is 4. The highest BCUT2D eigenvalue weighted by Gasteiger charge is 2.32. The van der Waals surface area contributed by atoms with Gasteiger partial charge >= 0.3 is 5.97 Å². The van der Waals surface area contributed by atoms with Gasteiger partial charge in [-0.1, -0.05) is 18.2 Å². The molecule has 0 aliphatic heterocycles. The minimum Gasteiger partial charge on any atom is -0.422 e. The zero-order valence-electron chi connectivity index (χ0n) is 18.2. The van der Waals surface area contributed by atoms with Crippen molar-refractivity contribution in [2.45, 2.75) is 28.5 Å². The first-order valence-electron chi connectivity index (χ1n) is 10.3. The third kappa shape index (κ3) is 5.15. The van der Waals surface area contributed by atoms with Gasteiger partial charge in [-0.25, -0.2) is 22.4 Å². The van der Waals surface area contributed by atoms with Crippen molar-refractivity contribution in [3.63, 3.8) is 0 Å². The molecule has 0 radical (unpaired) electrons. The third-order valence-electron chi connectivity index (χ3n) is 5.02. The molecule has 2 nitrogen and oxygen atoms in total. The predicted octanol–water partition coefficient (Wildman–Crippen LogP) is 7.17. The van der Waals surface area contributed by atoms with Crippen molar-refractivity contribution in [2.75, 3.05) is 0 Å². The van der Waals surface area contributed by atoms with E-state index >= 15 is 0 Å². The molecule has 0 unspecified atom stereocenters. The number of carbonyl (C=O) groups is 1. The van der Waals surface area contributed by atoms with E-state index in [1.54, 1.807) is 56.3 Å². The maximum atomic E-state index is 14.1. The smallest absolute Gasteiger partial charge is 0.343 e. The molecule has 7 heteroatoms. The third-order valence-corrected chi connectivity index (χ3v) is 7.14. The summed E-state index contributed by atoms with van der Waals surface area (Å²) < 4.78 is 61.9. The summed E-state index contributed by atoms with van der Waals surface area (Å²) in [6, 6.07) is 17.9. The summed E-state index contributed by atoms with van der Waals surface area (Å²) in [7, 11) is -1.23. The summed E-state index contributed by atoms with van der Waals surface area (Å²) >= 11 is 0. The van der Waals surface area contributed by atoms with Gasteiger partial charge in [-0.05, 0) is 37.1 Å². The normalized spacial score (nSPS) is 11.0. The van der Waals surface area contributed by atoms with E-state index in [2.05, 4.69) is 0 Å². The van der Waals surface area contributed by atoms with Crippen molar-refractivity contribution in [1.82, 2.24) is 0 Å². The van der Waals surface area contributed by atoms with E-state index in [-0.39, 0.29) is 9.79 Å². The first-order valence-corrected chi connectivity index (χ1v) is 11.5. The molecule has 4 rings (SSSR count). The maximum absolute atomic E-state index is 14.1. The Hall–Kier alpha value is -3.58. The summed E-state index contributed by atoms with van der Waals surface area (Å²) in [4.78, 5) is 13.5. The van der Waals surface area contributed by atoms with Gasteiger partial charge in [0.15, 0.2) is 14.7 Å². The Morgan fingerprint density at radius 2 is 1.06 bits per heavy atom. The number of benzene rings is 4. The SMILES string of the molecule is Cc1cc([S+](c2cc(F)cc(F)c2)c2cc(F)cc(F)c2)cc(C)c1OC(=O)c1ccccc1. The van der Waals surface area contributed by atoms with Gasteiger partial charge in [0.1, 0.15) is 29.0 Å². The standard InChI is InChI=1S/C27H19F4O2S/c1-16-8-23(9-17(2)26(16)33-27(32)18-6-4-3-5-7-18)34(24-12-19(28)10-20(29)13-24)25-14-21(30)11-22(31)15-25/h3-15H,1-2H3/q+1. The summed E-state index contributed by atoms with van der Waals surface area (Å²) in [6.07, 6.45) is 0. The molecule has 4 aromatic rings. The summed E-state index contributed by atoms with van der Waals surface area (Å²) in [5, 5.41) is 0. The second kappa shape index (κ2) is 9.73. The quantitative estimate of drug-likeness (QED) is 0.130. The molecule has 0 fully saturated rings. The number of rotatable bonds is 5. The van der Waals surface area contributed by atoms with Crippen LogP contribution < -0.4 is 4.74 Å². The molecule has 0 heterocycles. The van der Waals surface area contributed by atoms with Crippen LogP contribution in [0.5, 0.6) is 5.75 Å². The number of hydrogen-bond donors (Lipinski definition) is 0. The van der Waals surface area contributed by atoms with E-state index in [0.717, 1.165) is 36.4 Å². The fourth-order valence-corrected chi connectivity index (χ4v) is 5.94. The van der Waals surface area contributed by atoms with Crippen molar-refractivity contribution >= 4 is 16.9 Å². The lowest BCUT2D eigenvalue weighted by molar-refractivity contribution is 0.0732. The molecule has 0 spiro atoms. The van der Waals surface area contributed by atoms with Gasteiger partial charge in [0.25, 0.3) is 0 Å². The Kier molecular flexibility index (Phi) is 6.75. The van der Waals surface area contributed by atoms with E-state index in [0.29, 0.717) is 27.3 Å². The molecule has 172 valence electrons. The van der Waals surface area contributed by atoms with Crippen LogP contribution in [0.3, 0.4) is 0 Å². The highest BCUT2D eigenvalue weighted by Crippen LogP contribution is 2.37. The molecule has 0 aliphatic rings. The molecule has 4 aromatic carbocycles. The van der Waals surface area contributed by atoms with Gasteiger partial charge in [0.05, 0.1) is 16.5 Å². The van der Waals surface area contributed by atoms with Gasteiger partial charge in [0, 0.05) is 48.5 Å². The average Bonchev–Trinajstić information content (AvgIpc) is 2.75. The summed E-state index contributed by atoms with van der Waals surface area (Å²) in [5.41, 5.74) is 1.56.